The molecule has 1 aromatic rings. The molecule has 0 saturated heterocycles. The van der Waals surface area contributed by atoms with E-state index in [4.69, 9.17) is 0 Å². The Balaban J connectivity index is 1.38. The molecule has 5 atom stereocenters. The normalized spacial score (nSPS) is 44.2. The van der Waals surface area contributed by atoms with Crippen LogP contribution in [0.3, 0.4) is 0 Å². The van der Waals surface area contributed by atoms with Crippen molar-refractivity contribution in [3.63, 3.8) is 0 Å². The van der Waals surface area contributed by atoms with Crippen LogP contribution >= 0.6 is 0 Å². The first-order valence-corrected chi connectivity index (χ1v) is 8.39. The van der Waals surface area contributed by atoms with Crippen molar-refractivity contribution < 1.29 is 5.11 Å². The smallest absolute Gasteiger partial charge is 0.115 e. The van der Waals surface area contributed by atoms with Gasteiger partial charge in [-0.2, -0.15) is 0 Å². The standard InChI is InChI=1S/C18H23NO/c20-13-7-6-10-2-1-3-15(14(10)9-13)19-18-16-11-4-5-12(8-11)17(16)18/h6-7,9,11-12,15-20H,1-5,8H2. The van der Waals surface area contributed by atoms with Gasteiger partial charge in [0.05, 0.1) is 0 Å². The maximum atomic E-state index is 9.78. The van der Waals surface area contributed by atoms with E-state index < -0.39 is 0 Å². The van der Waals surface area contributed by atoms with Crippen molar-refractivity contribution in [3.8, 4) is 5.75 Å². The Morgan fingerprint density at radius 3 is 2.65 bits per heavy atom. The lowest BCUT2D eigenvalue weighted by atomic mass is 9.87. The van der Waals surface area contributed by atoms with Crippen LogP contribution in [0.1, 0.15) is 49.3 Å². The molecule has 0 spiro atoms. The minimum absolute atomic E-state index is 0.425. The van der Waals surface area contributed by atoms with Crippen molar-refractivity contribution in [2.75, 3.05) is 0 Å². The van der Waals surface area contributed by atoms with Gasteiger partial charge in [-0.05, 0) is 85.5 Å². The lowest BCUT2D eigenvalue weighted by molar-refractivity contribution is 0.390. The van der Waals surface area contributed by atoms with Crippen LogP contribution in [0.5, 0.6) is 5.75 Å². The summed E-state index contributed by atoms with van der Waals surface area (Å²) in [5.41, 5.74) is 2.81. The fourth-order valence-electron chi connectivity index (χ4n) is 5.74. The monoisotopic (exact) mass is 269 g/mol. The summed E-state index contributed by atoms with van der Waals surface area (Å²) < 4.78 is 0. The average molecular weight is 269 g/mol. The first-order valence-electron chi connectivity index (χ1n) is 8.39. The molecular formula is C18H23NO. The Hall–Kier alpha value is -1.02. The predicted octanol–water partition coefficient (Wildman–Crippen LogP) is 3.40. The first kappa shape index (κ1) is 11.6. The van der Waals surface area contributed by atoms with Gasteiger partial charge in [0, 0.05) is 12.1 Å². The van der Waals surface area contributed by atoms with Crippen molar-refractivity contribution in [2.24, 2.45) is 23.7 Å². The molecule has 5 unspecified atom stereocenters. The van der Waals surface area contributed by atoms with Crippen molar-refractivity contribution in [2.45, 2.75) is 50.6 Å². The number of rotatable bonds is 2. The zero-order valence-electron chi connectivity index (χ0n) is 11.9. The summed E-state index contributed by atoms with van der Waals surface area (Å²) in [5, 5.41) is 13.8. The third-order valence-corrected chi connectivity index (χ3v) is 6.57. The van der Waals surface area contributed by atoms with Gasteiger partial charge in [-0.15, -0.1) is 0 Å². The second kappa shape index (κ2) is 4.00. The SMILES string of the molecule is Oc1ccc2c(c1)C(NC1C3C4CCC(C4)C13)CCC2. The molecule has 2 N–H and O–H groups in total. The number of hydrogen-bond donors (Lipinski definition) is 2. The highest BCUT2D eigenvalue weighted by Crippen LogP contribution is 2.66. The number of hydrogen-bond acceptors (Lipinski definition) is 2. The molecule has 0 aromatic heterocycles. The van der Waals surface area contributed by atoms with Gasteiger partial charge in [0.2, 0.25) is 0 Å². The molecule has 5 rings (SSSR count). The van der Waals surface area contributed by atoms with Gasteiger partial charge >= 0.3 is 0 Å². The zero-order valence-corrected chi connectivity index (χ0v) is 11.9. The van der Waals surface area contributed by atoms with Crippen molar-refractivity contribution >= 4 is 0 Å². The van der Waals surface area contributed by atoms with E-state index in [1.165, 1.54) is 49.7 Å². The van der Waals surface area contributed by atoms with E-state index in [-0.39, 0.29) is 0 Å². The van der Waals surface area contributed by atoms with Gasteiger partial charge < -0.3 is 10.4 Å². The highest BCUT2D eigenvalue weighted by molar-refractivity contribution is 5.39. The van der Waals surface area contributed by atoms with Gasteiger partial charge in [-0.1, -0.05) is 6.07 Å². The second-order valence-electron chi connectivity index (χ2n) is 7.51. The predicted molar refractivity (Wildman–Crippen MR) is 78.5 cm³/mol. The number of benzene rings is 1. The molecular weight excluding hydrogens is 246 g/mol. The molecule has 0 amide bonds. The van der Waals surface area contributed by atoms with E-state index >= 15 is 0 Å². The molecule has 2 heteroatoms. The molecule has 3 fully saturated rings. The molecule has 0 aliphatic heterocycles. The Labute approximate surface area is 120 Å². The number of phenolic OH excluding ortho intramolecular Hbond substituents is 1. The number of fused-ring (bicyclic) bond motifs is 6. The van der Waals surface area contributed by atoms with Gasteiger partial charge in [-0.25, -0.2) is 0 Å². The Kier molecular flexibility index (Phi) is 2.33. The first-order chi connectivity index (χ1) is 9.81. The van der Waals surface area contributed by atoms with Crippen LogP contribution in [0.2, 0.25) is 0 Å². The quantitative estimate of drug-likeness (QED) is 0.862. The lowest BCUT2D eigenvalue weighted by Crippen LogP contribution is -2.30. The van der Waals surface area contributed by atoms with Crippen LogP contribution in [0.25, 0.3) is 0 Å². The fourth-order valence-corrected chi connectivity index (χ4v) is 5.74. The maximum Gasteiger partial charge on any atom is 0.115 e. The summed E-state index contributed by atoms with van der Waals surface area (Å²) in [6, 6.07) is 7.24. The highest BCUT2D eigenvalue weighted by Gasteiger charge is 2.65. The summed E-state index contributed by atoms with van der Waals surface area (Å²) >= 11 is 0. The molecule has 106 valence electrons. The van der Waals surface area contributed by atoms with Crippen LogP contribution < -0.4 is 5.32 Å². The Morgan fingerprint density at radius 1 is 1.05 bits per heavy atom. The number of nitrogens with one attached hydrogen (secondary N) is 1. The molecule has 20 heavy (non-hydrogen) atoms. The van der Waals surface area contributed by atoms with Crippen LogP contribution in [-0.4, -0.2) is 11.1 Å². The summed E-state index contributed by atoms with van der Waals surface area (Å²) in [6.07, 6.45) is 8.20. The van der Waals surface area contributed by atoms with E-state index in [0.717, 1.165) is 29.7 Å². The number of phenols is 1. The van der Waals surface area contributed by atoms with E-state index in [1.54, 1.807) is 0 Å². The van der Waals surface area contributed by atoms with Crippen LogP contribution in [0.4, 0.5) is 0 Å². The van der Waals surface area contributed by atoms with Gasteiger partial charge in [0.1, 0.15) is 5.75 Å². The molecule has 0 heterocycles. The lowest BCUT2D eigenvalue weighted by Gasteiger charge is -2.28. The van der Waals surface area contributed by atoms with E-state index in [1.807, 2.05) is 12.1 Å². The third-order valence-electron chi connectivity index (χ3n) is 6.57. The van der Waals surface area contributed by atoms with Crippen LogP contribution in [0, 0.1) is 23.7 Å². The van der Waals surface area contributed by atoms with Crippen molar-refractivity contribution in [1.29, 1.82) is 0 Å². The molecule has 1 aromatic carbocycles. The summed E-state index contributed by atoms with van der Waals surface area (Å²) in [4.78, 5) is 0. The third kappa shape index (κ3) is 1.54. The van der Waals surface area contributed by atoms with Gasteiger partial charge in [0.25, 0.3) is 0 Å². The summed E-state index contributed by atoms with van der Waals surface area (Å²) in [7, 11) is 0. The maximum absolute atomic E-state index is 9.78. The molecule has 2 bridgehead atoms. The molecule has 4 aliphatic carbocycles. The van der Waals surface area contributed by atoms with Crippen molar-refractivity contribution in [3.05, 3.63) is 29.3 Å². The highest BCUT2D eigenvalue weighted by atomic mass is 16.3. The minimum atomic E-state index is 0.425. The second-order valence-corrected chi connectivity index (χ2v) is 7.51. The van der Waals surface area contributed by atoms with Crippen molar-refractivity contribution in [1.82, 2.24) is 5.32 Å². The number of aromatic hydroxyl groups is 1. The van der Waals surface area contributed by atoms with Crippen LogP contribution in [-0.2, 0) is 6.42 Å². The largest absolute Gasteiger partial charge is 0.508 e. The minimum Gasteiger partial charge on any atom is -0.508 e. The Morgan fingerprint density at radius 2 is 1.85 bits per heavy atom. The molecule has 4 aliphatic rings. The topological polar surface area (TPSA) is 32.3 Å². The van der Waals surface area contributed by atoms with Crippen LogP contribution in [0.15, 0.2) is 18.2 Å². The summed E-state index contributed by atoms with van der Waals surface area (Å²) in [6.45, 7) is 0. The number of aryl methyl sites for hydroxylation is 1. The van der Waals surface area contributed by atoms with Gasteiger partial charge in [0.15, 0.2) is 0 Å². The van der Waals surface area contributed by atoms with Gasteiger partial charge in [-0.3, -0.25) is 0 Å². The average Bonchev–Trinajstić information content (AvgIpc) is 2.84. The Bertz CT molecular complexity index is 538. The van der Waals surface area contributed by atoms with E-state index in [9.17, 15) is 5.11 Å². The molecule has 2 nitrogen and oxygen atoms in total. The zero-order chi connectivity index (χ0) is 13.3. The fraction of sp³-hybridized carbons (Fsp3) is 0.667. The molecule has 3 saturated carbocycles. The summed E-state index contributed by atoms with van der Waals surface area (Å²) in [5.74, 6) is 4.49. The van der Waals surface area contributed by atoms with E-state index in [2.05, 4.69) is 11.4 Å². The van der Waals surface area contributed by atoms with E-state index in [0.29, 0.717) is 11.8 Å². The molecule has 0 radical (unpaired) electrons.